The van der Waals surface area contributed by atoms with E-state index in [2.05, 4.69) is 5.32 Å². The van der Waals surface area contributed by atoms with E-state index in [-0.39, 0.29) is 30.6 Å². The summed E-state index contributed by atoms with van der Waals surface area (Å²) in [5.41, 5.74) is 1.80. The van der Waals surface area contributed by atoms with Gasteiger partial charge < -0.3 is 19.7 Å². The molecule has 1 heterocycles. The number of carbonyl (C=O) groups excluding carboxylic acids is 2. The molecule has 0 aliphatic carbocycles. The van der Waals surface area contributed by atoms with Gasteiger partial charge in [-0.05, 0) is 42.8 Å². The van der Waals surface area contributed by atoms with Gasteiger partial charge in [0.25, 0.3) is 0 Å². The highest BCUT2D eigenvalue weighted by atomic mass is 19.1. The number of rotatable bonds is 7. The number of nitrogens with one attached hydrogen (secondary N) is 1. The lowest BCUT2D eigenvalue weighted by atomic mass is 9.82. The molecule has 176 valence electrons. The molecule has 1 aliphatic heterocycles. The van der Waals surface area contributed by atoms with E-state index in [9.17, 15) is 14.0 Å². The third-order valence-corrected chi connectivity index (χ3v) is 6.15. The number of anilines is 1. The van der Waals surface area contributed by atoms with E-state index in [0.29, 0.717) is 29.2 Å². The van der Waals surface area contributed by atoms with Crippen molar-refractivity contribution in [2.45, 2.75) is 25.4 Å². The van der Waals surface area contributed by atoms with Crippen LogP contribution in [-0.2, 0) is 16.1 Å². The highest BCUT2D eigenvalue weighted by molar-refractivity contribution is 5.97. The standard InChI is InChI=1S/C27H27FN2O4/c1-33-20-13-11-19(12-14-20)30-25(31)16-15-22(26(30)21-8-4-6-10-24(21)34-2)27(32)29-17-18-7-3-5-9-23(18)28/h3-14,22,26H,15-17H2,1-2H3,(H,29,32). The Morgan fingerprint density at radius 3 is 2.41 bits per heavy atom. The monoisotopic (exact) mass is 462 g/mol. The summed E-state index contributed by atoms with van der Waals surface area (Å²) < 4.78 is 24.9. The van der Waals surface area contributed by atoms with Crippen LogP contribution in [0.5, 0.6) is 11.5 Å². The molecule has 2 amide bonds. The first-order valence-corrected chi connectivity index (χ1v) is 11.1. The summed E-state index contributed by atoms with van der Waals surface area (Å²) in [6.45, 7) is 0.0666. The summed E-state index contributed by atoms with van der Waals surface area (Å²) >= 11 is 0. The molecule has 1 fully saturated rings. The minimum Gasteiger partial charge on any atom is -0.497 e. The van der Waals surface area contributed by atoms with Gasteiger partial charge in [0.05, 0.1) is 26.2 Å². The zero-order chi connectivity index (χ0) is 24.1. The molecule has 1 saturated heterocycles. The molecule has 2 unspecified atom stereocenters. The van der Waals surface area contributed by atoms with Crippen molar-refractivity contribution >= 4 is 17.5 Å². The van der Waals surface area contributed by atoms with Crippen LogP contribution >= 0.6 is 0 Å². The summed E-state index contributed by atoms with van der Waals surface area (Å²) in [5, 5.41) is 2.87. The first kappa shape index (κ1) is 23.3. The summed E-state index contributed by atoms with van der Waals surface area (Å²) in [4.78, 5) is 28.3. The predicted molar refractivity (Wildman–Crippen MR) is 127 cm³/mol. The van der Waals surface area contributed by atoms with Gasteiger partial charge in [0.1, 0.15) is 17.3 Å². The molecule has 0 aromatic heterocycles. The Hall–Kier alpha value is -3.87. The Morgan fingerprint density at radius 2 is 1.71 bits per heavy atom. The minimum absolute atomic E-state index is 0.0666. The second kappa shape index (κ2) is 10.4. The van der Waals surface area contributed by atoms with Crippen LogP contribution in [0.25, 0.3) is 0 Å². The van der Waals surface area contributed by atoms with Crippen molar-refractivity contribution in [3.63, 3.8) is 0 Å². The Morgan fingerprint density at radius 1 is 1.00 bits per heavy atom. The van der Waals surface area contributed by atoms with E-state index >= 15 is 0 Å². The molecule has 0 radical (unpaired) electrons. The van der Waals surface area contributed by atoms with Crippen molar-refractivity contribution in [2.75, 3.05) is 19.1 Å². The van der Waals surface area contributed by atoms with Crippen LogP contribution in [-0.4, -0.2) is 26.0 Å². The van der Waals surface area contributed by atoms with Crippen molar-refractivity contribution in [3.8, 4) is 11.5 Å². The lowest BCUT2D eigenvalue weighted by molar-refractivity contribution is -0.129. The number of amides is 2. The van der Waals surface area contributed by atoms with Crippen LogP contribution in [0.15, 0.2) is 72.8 Å². The Bertz CT molecular complexity index is 1170. The molecule has 3 aromatic rings. The predicted octanol–water partition coefficient (Wildman–Crippen LogP) is 4.64. The van der Waals surface area contributed by atoms with Crippen molar-refractivity contribution < 1.29 is 23.5 Å². The first-order chi connectivity index (χ1) is 16.5. The van der Waals surface area contributed by atoms with Crippen molar-refractivity contribution in [2.24, 2.45) is 5.92 Å². The molecule has 3 aromatic carbocycles. The van der Waals surface area contributed by atoms with E-state index in [4.69, 9.17) is 9.47 Å². The van der Waals surface area contributed by atoms with Crippen molar-refractivity contribution in [1.82, 2.24) is 5.32 Å². The minimum atomic E-state index is -0.591. The number of ether oxygens (including phenoxy) is 2. The fraction of sp³-hybridized carbons (Fsp3) is 0.259. The zero-order valence-electron chi connectivity index (χ0n) is 19.2. The van der Waals surface area contributed by atoms with Gasteiger partial charge in [-0.3, -0.25) is 9.59 Å². The Kier molecular flexibility index (Phi) is 7.11. The van der Waals surface area contributed by atoms with Gasteiger partial charge >= 0.3 is 0 Å². The molecule has 0 saturated carbocycles. The number of halogens is 1. The SMILES string of the molecule is COc1ccc(N2C(=O)CCC(C(=O)NCc3ccccc3F)C2c2ccccc2OC)cc1. The van der Waals surface area contributed by atoms with E-state index < -0.39 is 12.0 Å². The quantitative estimate of drug-likeness (QED) is 0.555. The fourth-order valence-electron chi connectivity index (χ4n) is 4.44. The molecule has 7 heteroatoms. The van der Waals surface area contributed by atoms with Crippen LogP contribution in [0.1, 0.15) is 30.0 Å². The van der Waals surface area contributed by atoms with Gasteiger partial charge in [-0.1, -0.05) is 36.4 Å². The molecule has 2 atom stereocenters. The normalized spacial score (nSPS) is 17.9. The van der Waals surface area contributed by atoms with Gasteiger partial charge in [-0.25, -0.2) is 4.39 Å². The Labute approximate surface area is 198 Å². The number of carbonyl (C=O) groups is 2. The van der Waals surface area contributed by atoms with Crippen molar-refractivity contribution in [3.05, 3.63) is 89.7 Å². The molecule has 34 heavy (non-hydrogen) atoms. The molecule has 4 rings (SSSR count). The van der Waals surface area contributed by atoms with Gasteiger partial charge in [0, 0.05) is 29.8 Å². The molecule has 1 N–H and O–H groups in total. The molecule has 1 aliphatic rings. The number of benzene rings is 3. The van der Waals surface area contributed by atoms with E-state index in [1.165, 1.54) is 6.07 Å². The smallest absolute Gasteiger partial charge is 0.227 e. The number of methoxy groups -OCH3 is 2. The fourth-order valence-corrected chi connectivity index (χ4v) is 4.44. The highest BCUT2D eigenvalue weighted by Crippen LogP contribution is 2.43. The maximum absolute atomic E-state index is 14.1. The first-order valence-electron chi connectivity index (χ1n) is 11.1. The van der Waals surface area contributed by atoms with E-state index in [1.54, 1.807) is 61.6 Å². The van der Waals surface area contributed by atoms with Crippen molar-refractivity contribution in [1.29, 1.82) is 0 Å². The molecule has 0 spiro atoms. The van der Waals surface area contributed by atoms with E-state index in [1.807, 2.05) is 24.3 Å². The number of hydrogen-bond acceptors (Lipinski definition) is 4. The topological polar surface area (TPSA) is 67.9 Å². The highest BCUT2D eigenvalue weighted by Gasteiger charge is 2.42. The molecule has 0 bridgehead atoms. The largest absolute Gasteiger partial charge is 0.497 e. The number of para-hydroxylation sites is 1. The second-order valence-corrected chi connectivity index (χ2v) is 8.10. The Balaban J connectivity index is 1.71. The van der Waals surface area contributed by atoms with Gasteiger partial charge in [0.15, 0.2) is 0 Å². The molecule has 6 nitrogen and oxygen atoms in total. The summed E-state index contributed by atoms with van der Waals surface area (Å²) in [7, 11) is 3.14. The zero-order valence-corrected chi connectivity index (χ0v) is 19.2. The van der Waals surface area contributed by atoms with Gasteiger partial charge in [-0.15, -0.1) is 0 Å². The summed E-state index contributed by atoms with van der Waals surface area (Å²) in [5.74, 6) is 0.00359. The number of hydrogen-bond donors (Lipinski definition) is 1. The second-order valence-electron chi connectivity index (χ2n) is 8.10. The molecular weight excluding hydrogens is 435 g/mol. The number of piperidine rings is 1. The van der Waals surface area contributed by atoms with Gasteiger partial charge in [0.2, 0.25) is 11.8 Å². The van der Waals surface area contributed by atoms with Crippen LogP contribution < -0.4 is 19.7 Å². The summed E-state index contributed by atoms with van der Waals surface area (Å²) in [6.07, 6.45) is 0.590. The lowest BCUT2D eigenvalue weighted by Crippen LogP contribution is -2.48. The third-order valence-electron chi connectivity index (χ3n) is 6.15. The lowest BCUT2D eigenvalue weighted by Gasteiger charge is -2.41. The van der Waals surface area contributed by atoms with Gasteiger partial charge in [-0.2, -0.15) is 0 Å². The summed E-state index contributed by atoms with van der Waals surface area (Å²) in [6, 6.07) is 20.3. The third kappa shape index (κ3) is 4.73. The van der Waals surface area contributed by atoms with Crippen LogP contribution in [0.4, 0.5) is 10.1 Å². The average molecular weight is 463 g/mol. The van der Waals surface area contributed by atoms with Crippen LogP contribution in [0.2, 0.25) is 0 Å². The molecular formula is C27H27FN2O4. The maximum Gasteiger partial charge on any atom is 0.227 e. The maximum atomic E-state index is 14.1. The average Bonchev–Trinajstić information content (AvgIpc) is 2.88. The van der Waals surface area contributed by atoms with Crippen LogP contribution in [0.3, 0.4) is 0 Å². The van der Waals surface area contributed by atoms with Crippen LogP contribution in [0, 0.1) is 11.7 Å². The number of nitrogens with zero attached hydrogens (tertiary/aromatic N) is 1. The van der Waals surface area contributed by atoms with E-state index in [0.717, 1.165) is 5.56 Å².